The first-order valence-electron chi connectivity index (χ1n) is 8.71. The Morgan fingerprint density at radius 1 is 0.571 bits per heavy atom. The third-order valence-electron chi connectivity index (χ3n) is 2.18. The lowest BCUT2D eigenvalue weighted by molar-refractivity contribution is -0.606. The molecule has 0 bridgehead atoms. The molecule has 0 N–H and O–H groups in total. The Morgan fingerprint density at radius 3 is 1.18 bits per heavy atom. The van der Waals surface area contributed by atoms with Crippen LogP contribution in [0.15, 0.2) is 0 Å². The highest BCUT2D eigenvalue weighted by Gasteiger charge is 2.27. The van der Waals surface area contributed by atoms with Crippen molar-refractivity contribution in [2.75, 3.05) is 13.2 Å². The average Bonchev–Trinajstić information content (AvgIpc) is 2.43. The van der Waals surface area contributed by atoms with Crippen molar-refractivity contribution in [3.63, 3.8) is 0 Å². The summed E-state index contributed by atoms with van der Waals surface area (Å²) in [5, 5.41) is 8.51. The van der Waals surface area contributed by atoms with E-state index in [2.05, 4.69) is 19.9 Å². The highest BCUT2D eigenvalue weighted by molar-refractivity contribution is 5.57. The molecule has 0 radical (unpaired) electrons. The predicted octanol–water partition coefficient (Wildman–Crippen LogP) is 4.33. The minimum atomic E-state index is -1.40. The number of rotatable bonds is 12. The average molecular weight is 414 g/mol. The van der Waals surface area contributed by atoms with Gasteiger partial charge in [-0.15, -0.1) is 0 Å². The lowest BCUT2D eigenvalue weighted by atomic mass is 9.99. The van der Waals surface area contributed by atoms with Gasteiger partial charge in [-0.1, -0.05) is 41.5 Å². The van der Waals surface area contributed by atoms with Crippen LogP contribution in [0.5, 0.6) is 0 Å². The summed E-state index contributed by atoms with van der Waals surface area (Å²) in [6.45, 7) is 18.3. The van der Waals surface area contributed by atoms with Gasteiger partial charge >= 0.3 is 6.16 Å². The van der Waals surface area contributed by atoms with Crippen molar-refractivity contribution in [2.24, 2.45) is 10.8 Å². The fourth-order valence-corrected chi connectivity index (χ4v) is 0.991. The van der Waals surface area contributed by atoms with Gasteiger partial charge in [-0.2, -0.15) is 24.3 Å². The molecule has 0 fully saturated rings. The van der Waals surface area contributed by atoms with Crippen molar-refractivity contribution in [2.45, 2.75) is 80.8 Å². The lowest BCUT2D eigenvalue weighted by Gasteiger charge is -2.24. The van der Waals surface area contributed by atoms with Crippen LogP contribution in [0.1, 0.15) is 69.2 Å². The summed E-state index contributed by atoms with van der Waals surface area (Å²) in [5.74, 6) is -2.72. The maximum Gasteiger partial charge on any atom is 0.577 e. The van der Waals surface area contributed by atoms with Crippen LogP contribution in [0.4, 0.5) is 4.79 Å². The fourth-order valence-electron chi connectivity index (χ4n) is 0.991. The molecule has 11 nitrogen and oxygen atoms in total. The van der Waals surface area contributed by atoms with Gasteiger partial charge in [0, 0.05) is 0 Å². The van der Waals surface area contributed by atoms with Gasteiger partial charge in [-0.25, -0.2) is 19.6 Å². The molecular formula is C17H34O11. The summed E-state index contributed by atoms with van der Waals surface area (Å²) in [7, 11) is 0. The van der Waals surface area contributed by atoms with E-state index in [4.69, 9.17) is 29.3 Å². The zero-order valence-electron chi connectivity index (χ0n) is 18.4. The Hall–Kier alpha value is -1.05. The van der Waals surface area contributed by atoms with Gasteiger partial charge in [0.15, 0.2) is 0 Å². The molecule has 0 aliphatic carbocycles. The van der Waals surface area contributed by atoms with E-state index >= 15 is 0 Å². The van der Waals surface area contributed by atoms with Crippen molar-refractivity contribution in [3.8, 4) is 0 Å². The van der Waals surface area contributed by atoms with Crippen LogP contribution in [0.3, 0.4) is 0 Å². The number of carbonyl (C=O) groups excluding carboxylic acids is 1. The second-order valence-electron chi connectivity index (χ2n) is 9.33. The van der Waals surface area contributed by atoms with E-state index in [9.17, 15) is 4.79 Å². The normalized spacial score (nSPS) is 13.5. The first kappa shape index (κ1) is 27.0. The molecule has 0 aliphatic heterocycles. The smallest absolute Gasteiger partial charge is 0.233 e. The van der Waals surface area contributed by atoms with E-state index in [1.165, 1.54) is 27.7 Å². The number of hydrogen-bond donors (Lipinski definition) is 0. The van der Waals surface area contributed by atoms with Gasteiger partial charge in [-0.05, 0) is 48.6 Å². The summed E-state index contributed by atoms with van der Waals surface area (Å²) < 4.78 is 0. The van der Waals surface area contributed by atoms with E-state index in [1.54, 1.807) is 0 Å². The van der Waals surface area contributed by atoms with E-state index in [0.717, 1.165) is 0 Å². The standard InChI is InChI=1S/C17H34O11/c1-14(2,3)11-19-23-16(7,8)25-27-21-13(18)22-28-26-17(9,10)24-20-12-15(4,5)6/h11-12H2,1-10H3. The minimum Gasteiger partial charge on any atom is -0.233 e. The van der Waals surface area contributed by atoms with Crippen molar-refractivity contribution in [1.82, 2.24) is 0 Å². The van der Waals surface area contributed by atoms with E-state index < -0.39 is 17.7 Å². The largest absolute Gasteiger partial charge is 0.577 e. The molecule has 0 unspecified atom stereocenters. The van der Waals surface area contributed by atoms with Gasteiger partial charge in [-0.3, -0.25) is 0 Å². The van der Waals surface area contributed by atoms with Crippen LogP contribution in [-0.4, -0.2) is 30.9 Å². The second kappa shape index (κ2) is 11.2. The van der Waals surface area contributed by atoms with E-state index in [0.29, 0.717) is 13.2 Å². The zero-order chi connectivity index (χ0) is 22.1. The molecule has 0 aromatic heterocycles. The van der Waals surface area contributed by atoms with Gasteiger partial charge in [0.2, 0.25) is 11.6 Å². The molecular weight excluding hydrogens is 380 g/mol. The predicted molar refractivity (Wildman–Crippen MR) is 93.0 cm³/mol. The molecule has 0 atom stereocenters. The number of carbonyl (C=O) groups is 1. The van der Waals surface area contributed by atoms with Gasteiger partial charge in [0.1, 0.15) is 0 Å². The Balaban J connectivity index is 3.94. The first-order valence-corrected chi connectivity index (χ1v) is 8.71. The Kier molecular flexibility index (Phi) is 10.8. The van der Waals surface area contributed by atoms with E-state index in [1.807, 2.05) is 41.5 Å². The summed E-state index contributed by atoms with van der Waals surface area (Å²) in [5.41, 5.74) is -0.215. The van der Waals surface area contributed by atoms with Gasteiger partial charge in [0.05, 0.1) is 13.2 Å². The summed E-state index contributed by atoms with van der Waals surface area (Å²) in [6, 6.07) is 0. The maximum atomic E-state index is 11.3. The van der Waals surface area contributed by atoms with Crippen LogP contribution in [-0.2, 0) is 49.2 Å². The molecule has 168 valence electrons. The monoisotopic (exact) mass is 414 g/mol. The topological polar surface area (TPSA) is 109 Å². The Morgan fingerprint density at radius 2 is 0.893 bits per heavy atom. The third-order valence-corrected chi connectivity index (χ3v) is 2.18. The van der Waals surface area contributed by atoms with Crippen LogP contribution >= 0.6 is 0 Å². The fraction of sp³-hybridized carbons (Fsp3) is 0.941. The molecule has 0 saturated carbocycles. The number of hydrogen-bond acceptors (Lipinski definition) is 11. The molecule has 11 heteroatoms. The van der Waals surface area contributed by atoms with Crippen LogP contribution in [0.25, 0.3) is 0 Å². The van der Waals surface area contributed by atoms with Crippen LogP contribution in [0, 0.1) is 10.8 Å². The Bertz CT molecular complexity index is 409. The van der Waals surface area contributed by atoms with Crippen LogP contribution < -0.4 is 0 Å². The molecule has 0 aromatic carbocycles. The lowest BCUT2D eigenvalue weighted by Crippen LogP contribution is -2.32. The first-order chi connectivity index (χ1) is 12.5. The second-order valence-corrected chi connectivity index (χ2v) is 9.33. The molecule has 0 spiro atoms. The molecule has 0 aliphatic rings. The maximum absolute atomic E-state index is 11.3. The molecule has 0 aromatic rings. The molecule has 0 heterocycles. The van der Waals surface area contributed by atoms with Crippen molar-refractivity contribution in [1.29, 1.82) is 0 Å². The molecule has 28 heavy (non-hydrogen) atoms. The summed E-state index contributed by atoms with van der Waals surface area (Å²) in [4.78, 5) is 49.2. The summed E-state index contributed by atoms with van der Waals surface area (Å²) in [6.07, 6.45) is -1.40. The quantitative estimate of drug-likeness (QED) is 0.258. The van der Waals surface area contributed by atoms with Gasteiger partial charge < -0.3 is 0 Å². The minimum absolute atomic E-state index is 0.107. The zero-order valence-corrected chi connectivity index (χ0v) is 18.4. The highest BCUT2D eigenvalue weighted by atomic mass is 17.6. The van der Waals surface area contributed by atoms with Gasteiger partial charge in [0.25, 0.3) is 0 Å². The molecule has 0 rings (SSSR count). The third kappa shape index (κ3) is 17.1. The molecule has 0 amide bonds. The SMILES string of the molecule is CC(C)(C)COOC(C)(C)OOOC(=O)OOOC(C)(C)OOCC(C)(C)C. The van der Waals surface area contributed by atoms with Crippen LogP contribution in [0.2, 0.25) is 0 Å². The Labute approximate surface area is 165 Å². The highest BCUT2D eigenvalue weighted by Crippen LogP contribution is 2.19. The van der Waals surface area contributed by atoms with Crippen molar-refractivity contribution >= 4 is 6.16 Å². The van der Waals surface area contributed by atoms with E-state index in [-0.39, 0.29) is 10.8 Å². The summed E-state index contributed by atoms with van der Waals surface area (Å²) >= 11 is 0. The van der Waals surface area contributed by atoms with Crippen molar-refractivity contribution in [3.05, 3.63) is 0 Å². The van der Waals surface area contributed by atoms with Crippen molar-refractivity contribution < 1.29 is 54.0 Å². The molecule has 0 saturated heterocycles.